The fourth-order valence-electron chi connectivity index (χ4n) is 4.99. The summed E-state index contributed by atoms with van der Waals surface area (Å²) in [6.07, 6.45) is 4.09. The molecule has 0 aliphatic heterocycles. The molecule has 0 radical (unpaired) electrons. The van der Waals surface area contributed by atoms with Crippen LogP contribution < -0.4 is 4.74 Å². The van der Waals surface area contributed by atoms with Crippen LogP contribution in [0.4, 0.5) is 0 Å². The van der Waals surface area contributed by atoms with E-state index < -0.39 is 11.2 Å². The lowest BCUT2D eigenvalue weighted by atomic mass is 9.74. The van der Waals surface area contributed by atoms with Gasteiger partial charge >= 0.3 is 0 Å². The third kappa shape index (κ3) is 12.2. The Labute approximate surface area is 261 Å². The maximum Gasteiger partial charge on any atom is 0.123 e. The molecule has 0 spiro atoms. The predicted octanol–water partition coefficient (Wildman–Crippen LogP) is 7.75. The first-order chi connectivity index (χ1) is 20.4. The van der Waals surface area contributed by atoms with Crippen molar-refractivity contribution < 1.29 is 28.8 Å². The molecule has 0 saturated carbocycles. The van der Waals surface area contributed by atoms with E-state index in [9.17, 15) is 5.11 Å². The van der Waals surface area contributed by atoms with Crippen molar-refractivity contribution in [2.45, 2.75) is 90.6 Å². The molecule has 240 valence electrons. The van der Waals surface area contributed by atoms with Crippen LogP contribution >= 0.6 is 0 Å². The number of rotatable bonds is 22. The van der Waals surface area contributed by atoms with Crippen LogP contribution in [-0.2, 0) is 18.9 Å². The van der Waals surface area contributed by atoms with Crippen LogP contribution in [0.5, 0.6) is 5.75 Å². The third-order valence-corrected chi connectivity index (χ3v) is 8.22. The summed E-state index contributed by atoms with van der Waals surface area (Å²) in [6, 6.07) is 18.7. The molecule has 0 aliphatic carbocycles. The van der Waals surface area contributed by atoms with Gasteiger partial charge < -0.3 is 28.8 Å². The molecule has 0 bridgehead atoms. The summed E-state index contributed by atoms with van der Waals surface area (Å²) < 4.78 is 31.5. The fourth-order valence-corrected chi connectivity index (χ4v) is 4.99. The van der Waals surface area contributed by atoms with E-state index in [4.69, 9.17) is 23.7 Å². The van der Waals surface area contributed by atoms with Gasteiger partial charge in [0.15, 0.2) is 0 Å². The molecule has 0 fully saturated rings. The molecule has 0 saturated heterocycles. The van der Waals surface area contributed by atoms with Gasteiger partial charge in [-0.2, -0.15) is 0 Å². The van der Waals surface area contributed by atoms with Crippen molar-refractivity contribution in [3.63, 3.8) is 0 Å². The highest BCUT2D eigenvalue weighted by molar-refractivity contribution is 5.41. The molecule has 0 aromatic heterocycles. The third-order valence-electron chi connectivity index (χ3n) is 8.22. The Hall–Kier alpha value is -2.48. The van der Waals surface area contributed by atoms with Crippen LogP contribution in [0.1, 0.15) is 78.4 Å². The van der Waals surface area contributed by atoms with Crippen molar-refractivity contribution in [3.05, 3.63) is 91.0 Å². The van der Waals surface area contributed by atoms with Crippen molar-refractivity contribution in [1.29, 1.82) is 0 Å². The van der Waals surface area contributed by atoms with Crippen LogP contribution in [0.25, 0.3) is 0 Å². The number of hydrogen-bond donors (Lipinski definition) is 1. The Morgan fingerprint density at radius 1 is 0.791 bits per heavy atom. The van der Waals surface area contributed by atoms with E-state index >= 15 is 0 Å². The Morgan fingerprint density at radius 3 is 1.98 bits per heavy atom. The summed E-state index contributed by atoms with van der Waals surface area (Å²) in [7, 11) is 0. The number of benzene rings is 2. The van der Waals surface area contributed by atoms with Gasteiger partial charge in [-0.1, -0.05) is 81.5 Å². The first-order valence-electron chi connectivity index (χ1n) is 15.5. The summed E-state index contributed by atoms with van der Waals surface area (Å²) in [5.41, 5.74) is 1.04. The molecule has 2 rings (SSSR count). The molecule has 0 amide bonds. The maximum atomic E-state index is 9.62. The maximum absolute atomic E-state index is 9.62. The second kappa shape index (κ2) is 17.7. The van der Waals surface area contributed by atoms with Crippen LogP contribution in [0.3, 0.4) is 0 Å². The van der Waals surface area contributed by atoms with Crippen molar-refractivity contribution in [2.24, 2.45) is 5.41 Å². The van der Waals surface area contributed by atoms with Crippen LogP contribution in [0.2, 0.25) is 0 Å². The number of hydrogen-bond acceptors (Lipinski definition) is 6. The average molecular weight is 597 g/mol. The molecule has 2 aromatic rings. The molecule has 43 heavy (non-hydrogen) atoms. The second-order valence-electron chi connectivity index (χ2n) is 13.0. The summed E-state index contributed by atoms with van der Waals surface area (Å²) in [6.45, 7) is 24.2. The molecule has 2 aromatic carbocycles. The molecule has 6 heteroatoms. The lowest BCUT2D eigenvalue weighted by molar-refractivity contribution is -0.181. The Bertz CT molecular complexity index is 1080. The predicted molar refractivity (Wildman–Crippen MR) is 176 cm³/mol. The van der Waals surface area contributed by atoms with Crippen LogP contribution in [-0.4, -0.2) is 68.2 Å². The van der Waals surface area contributed by atoms with Gasteiger partial charge in [0.1, 0.15) is 17.5 Å². The Balaban J connectivity index is 2.20. The van der Waals surface area contributed by atoms with Gasteiger partial charge in [0.05, 0.1) is 44.7 Å². The molecule has 3 unspecified atom stereocenters. The smallest absolute Gasteiger partial charge is 0.123 e. The summed E-state index contributed by atoms with van der Waals surface area (Å²) in [5.74, 6) is 1.05. The van der Waals surface area contributed by atoms with E-state index in [0.717, 1.165) is 11.3 Å². The molecular weight excluding hydrogens is 540 g/mol. The van der Waals surface area contributed by atoms with Crippen molar-refractivity contribution in [2.75, 3.05) is 39.6 Å². The van der Waals surface area contributed by atoms with Gasteiger partial charge in [0, 0.05) is 24.5 Å². The van der Waals surface area contributed by atoms with Gasteiger partial charge in [0.2, 0.25) is 0 Å². The summed E-state index contributed by atoms with van der Waals surface area (Å²) in [4.78, 5) is 0. The molecule has 3 atom stereocenters. The molecule has 0 aliphatic rings. The van der Waals surface area contributed by atoms with Gasteiger partial charge in [-0.15, -0.1) is 13.2 Å². The number of aliphatic hydroxyl groups is 1. The lowest BCUT2D eigenvalue weighted by Crippen LogP contribution is -2.47. The highest BCUT2D eigenvalue weighted by Crippen LogP contribution is 2.38. The first-order valence-corrected chi connectivity index (χ1v) is 15.5. The van der Waals surface area contributed by atoms with E-state index in [0.29, 0.717) is 45.9 Å². The average Bonchev–Trinajstić information content (AvgIpc) is 2.95. The minimum atomic E-state index is -0.549. The highest BCUT2D eigenvalue weighted by Gasteiger charge is 2.40. The highest BCUT2D eigenvalue weighted by atomic mass is 16.6. The standard InChI is InChI=1S/C37H56O6/c1-10-23-39-26-31(41-28-32(27-40-24-11-2)42-37(8,9)35(4,5)21-22-38)25-36(6,7)43-34-20-16-15-19-33(34)29(3)30-17-13-12-14-18-30/h10-20,29,31-32,38H,1-2,21-28H2,3-9H3. The second-order valence-corrected chi connectivity index (χ2v) is 13.0. The molecule has 6 nitrogen and oxygen atoms in total. The Morgan fingerprint density at radius 2 is 1.37 bits per heavy atom. The molecule has 0 heterocycles. The largest absolute Gasteiger partial charge is 0.487 e. The van der Waals surface area contributed by atoms with Crippen molar-refractivity contribution in [1.82, 2.24) is 0 Å². The van der Waals surface area contributed by atoms with E-state index in [-0.39, 0.29) is 30.1 Å². The van der Waals surface area contributed by atoms with E-state index in [1.54, 1.807) is 12.2 Å². The monoisotopic (exact) mass is 596 g/mol. The van der Waals surface area contributed by atoms with Gasteiger partial charge in [-0.3, -0.25) is 0 Å². The number of aliphatic hydroxyl groups excluding tert-OH is 1. The van der Waals surface area contributed by atoms with E-state index in [2.05, 4.69) is 98.0 Å². The topological polar surface area (TPSA) is 66.4 Å². The minimum absolute atomic E-state index is 0.0962. The minimum Gasteiger partial charge on any atom is -0.487 e. The van der Waals surface area contributed by atoms with Crippen LogP contribution in [0, 0.1) is 5.41 Å². The Kier molecular flexibility index (Phi) is 15.1. The zero-order valence-electron chi connectivity index (χ0n) is 27.6. The number of para-hydroxylation sites is 1. The molecular formula is C37H56O6. The fraction of sp³-hybridized carbons (Fsp3) is 0.568. The SMILES string of the molecule is C=CCOCC(CC(C)(C)Oc1ccccc1C(C)c1ccccc1)OCC(COCC=C)OC(C)(C)C(C)(C)CCO. The number of ether oxygens (including phenoxy) is 5. The lowest BCUT2D eigenvalue weighted by Gasteiger charge is -2.43. The van der Waals surface area contributed by atoms with Gasteiger partial charge in [-0.05, 0) is 51.2 Å². The van der Waals surface area contributed by atoms with Gasteiger partial charge in [0.25, 0.3) is 0 Å². The zero-order valence-corrected chi connectivity index (χ0v) is 27.6. The zero-order chi connectivity index (χ0) is 31.9. The quantitative estimate of drug-likeness (QED) is 0.111. The van der Waals surface area contributed by atoms with E-state index in [1.807, 2.05) is 18.2 Å². The summed E-state index contributed by atoms with van der Waals surface area (Å²) in [5, 5.41) is 9.62. The van der Waals surface area contributed by atoms with Crippen molar-refractivity contribution >= 4 is 0 Å². The summed E-state index contributed by atoms with van der Waals surface area (Å²) >= 11 is 0. The van der Waals surface area contributed by atoms with Gasteiger partial charge in [-0.25, -0.2) is 0 Å². The van der Waals surface area contributed by atoms with Crippen molar-refractivity contribution in [3.8, 4) is 5.75 Å². The van der Waals surface area contributed by atoms with E-state index in [1.165, 1.54) is 5.56 Å². The van der Waals surface area contributed by atoms with Crippen LogP contribution in [0.15, 0.2) is 79.9 Å². The normalized spacial score (nSPS) is 14.6. The molecule has 1 N–H and O–H groups in total. The first kappa shape index (κ1) is 36.7.